The summed E-state index contributed by atoms with van der Waals surface area (Å²) in [5.74, 6) is -0.127. The van der Waals surface area contributed by atoms with E-state index in [0.717, 1.165) is 0 Å². The van der Waals surface area contributed by atoms with Crippen LogP contribution >= 0.6 is 11.6 Å². The Labute approximate surface area is 179 Å². The standard InChI is InChI=1S/C21H21ClN6O2/c22-17-6-7-19(28-15-23-14-24-28)18(12-17)25-20(29)13-26-8-10-27(11-9-26)21(30)16-4-2-1-3-5-16/h1-7,12,14-15H,8-11,13H2,(H,25,29). The molecule has 0 radical (unpaired) electrons. The molecule has 1 saturated heterocycles. The van der Waals surface area contributed by atoms with Crippen LogP contribution in [-0.2, 0) is 4.79 Å². The molecule has 1 N–H and O–H groups in total. The number of hydrogen-bond acceptors (Lipinski definition) is 5. The minimum absolute atomic E-state index is 0.0242. The Morgan fingerprint density at radius 2 is 1.80 bits per heavy atom. The van der Waals surface area contributed by atoms with Crippen LogP contribution in [-0.4, -0.2) is 69.1 Å². The van der Waals surface area contributed by atoms with Crippen molar-refractivity contribution < 1.29 is 9.59 Å². The second-order valence-corrected chi connectivity index (χ2v) is 7.42. The van der Waals surface area contributed by atoms with Crippen LogP contribution < -0.4 is 5.32 Å². The van der Waals surface area contributed by atoms with Gasteiger partial charge in [-0.15, -0.1) is 0 Å². The van der Waals surface area contributed by atoms with E-state index in [2.05, 4.69) is 15.4 Å². The molecule has 1 aliphatic rings. The van der Waals surface area contributed by atoms with Gasteiger partial charge in [-0.2, -0.15) is 5.10 Å². The third kappa shape index (κ3) is 4.67. The highest BCUT2D eigenvalue weighted by Crippen LogP contribution is 2.24. The first kappa shape index (κ1) is 20.1. The minimum Gasteiger partial charge on any atom is -0.336 e. The van der Waals surface area contributed by atoms with Crippen molar-refractivity contribution in [2.75, 3.05) is 38.0 Å². The maximum Gasteiger partial charge on any atom is 0.253 e. The maximum absolute atomic E-state index is 12.6. The number of aromatic nitrogens is 3. The zero-order valence-electron chi connectivity index (χ0n) is 16.2. The van der Waals surface area contributed by atoms with Crippen LogP contribution in [0.25, 0.3) is 5.69 Å². The molecule has 0 bridgehead atoms. The number of halogens is 1. The first-order chi connectivity index (χ1) is 14.6. The second-order valence-electron chi connectivity index (χ2n) is 6.98. The lowest BCUT2D eigenvalue weighted by Gasteiger charge is -2.34. The van der Waals surface area contributed by atoms with Gasteiger partial charge in [-0.25, -0.2) is 9.67 Å². The van der Waals surface area contributed by atoms with Gasteiger partial charge in [0.2, 0.25) is 5.91 Å². The van der Waals surface area contributed by atoms with Crippen LogP contribution in [0.4, 0.5) is 5.69 Å². The number of hydrogen-bond donors (Lipinski definition) is 1. The SMILES string of the molecule is O=C(CN1CCN(C(=O)c2ccccc2)CC1)Nc1cc(Cl)ccc1-n1cncn1. The number of rotatable bonds is 5. The van der Waals surface area contributed by atoms with Gasteiger partial charge in [0.25, 0.3) is 5.91 Å². The highest BCUT2D eigenvalue weighted by Gasteiger charge is 2.23. The molecule has 0 aliphatic carbocycles. The van der Waals surface area contributed by atoms with Crippen LogP contribution in [0.15, 0.2) is 61.2 Å². The number of amides is 2. The van der Waals surface area contributed by atoms with Crippen LogP contribution in [0.2, 0.25) is 5.02 Å². The Morgan fingerprint density at radius 1 is 1.03 bits per heavy atom. The molecule has 0 saturated carbocycles. The van der Waals surface area contributed by atoms with Gasteiger partial charge in [0.05, 0.1) is 17.9 Å². The number of anilines is 1. The van der Waals surface area contributed by atoms with E-state index in [1.807, 2.05) is 40.1 Å². The molecule has 1 aliphatic heterocycles. The summed E-state index contributed by atoms with van der Waals surface area (Å²) in [6.45, 7) is 2.68. The third-order valence-electron chi connectivity index (χ3n) is 4.95. The lowest BCUT2D eigenvalue weighted by molar-refractivity contribution is -0.117. The fourth-order valence-corrected chi connectivity index (χ4v) is 3.58. The van der Waals surface area contributed by atoms with Gasteiger partial charge in [0, 0.05) is 36.8 Å². The van der Waals surface area contributed by atoms with E-state index in [1.165, 1.54) is 6.33 Å². The largest absolute Gasteiger partial charge is 0.336 e. The number of nitrogens with zero attached hydrogens (tertiary/aromatic N) is 5. The fourth-order valence-electron chi connectivity index (χ4n) is 3.41. The number of carbonyl (C=O) groups is 2. The molecule has 1 aromatic heterocycles. The summed E-state index contributed by atoms with van der Waals surface area (Å²) in [5, 5.41) is 7.54. The molecule has 2 aromatic carbocycles. The molecule has 154 valence electrons. The number of piperazine rings is 1. The predicted molar refractivity (Wildman–Crippen MR) is 114 cm³/mol. The Bertz CT molecular complexity index is 1020. The lowest BCUT2D eigenvalue weighted by Crippen LogP contribution is -2.50. The Kier molecular flexibility index (Phi) is 6.06. The molecular weight excluding hydrogens is 404 g/mol. The summed E-state index contributed by atoms with van der Waals surface area (Å²) in [6, 6.07) is 14.4. The molecule has 3 aromatic rings. The molecule has 1 fully saturated rings. The summed E-state index contributed by atoms with van der Waals surface area (Å²) >= 11 is 6.11. The van der Waals surface area contributed by atoms with Crippen molar-refractivity contribution >= 4 is 29.1 Å². The van der Waals surface area contributed by atoms with Gasteiger partial charge in [-0.3, -0.25) is 14.5 Å². The van der Waals surface area contributed by atoms with Crippen molar-refractivity contribution in [3.63, 3.8) is 0 Å². The Hall–Kier alpha value is -3.23. The van der Waals surface area contributed by atoms with Crippen molar-refractivity contribution in [3.8, 4) is 5.69 Å². The van der Waals surface area contributed by atoms with E-state index < -0.39 is 0 Å². The van der Waals surface area contributed by atoms with E-state index in [-0.39, 0.29) is 18.4 Å². The molecule has 30 heavy (non-hydrogen) atoms. The molecule has 2 amide bonds. The summed E-state index contributed by atoms with van der Waals surface area (Å²) < 4.78 is 1.57. The summed E-state index contributed by atoms with van der Waals surface area (Å²) in [5.41, 5.74) is 1.93. The zero-order valence-corrected chi connectivity index (χ0v) is 17.0. The van der Waals surface area contributed by atoms with Crippen LogP contribution in [0.1, 0.15) is 10.4 Å². The first-order valence-electron chi connectivity index (χ1n) is 9.61. The smallest absolute Gasteiger partial charge is 0.253 e. The van der Waals surface area contributed by atoms with Crippen molar-refractivity contribution in [2.24, 2.45) is 0 Å². The molecule has 0 atom stereocenters. The van der Waals surface area contributed by atoms with E-state index in [4.69, 9.17) is 11.6 Å². The van der Waals surface area contributed by atoms with Crippen LogP contribution in [0, 0.1) is 0 Å². The quantitative estimate of drug-likeness (QED) is 0.679. The first-order valence-corrected chi connectivity index (χ1v) is 9.99. The van der Waals surface area contributed by atoms with Gasteiger partial charge in [-0.05, 0) is 30.3 Å². The summed E-state index contributed by atoms with van der Waals surface area (Å²) in [7, 11) is 0. The minimum atomic E-state index is -0.151. The van der Waals surface area contributed by atoms with Gasteiger partial charge >= 0.3 is 0 Å². The summed E-state index contributed by atoms with van der Waals surface area (Å²) in [6.07, 6.45) is 2.98. The fraction of sp³-hybridized carbons (Fsp3) is 0.238. The van der Waals surface area contributed by atoms with E-state index in [1.54, 1.807) is 29.2 Å². The van der Waals surface area contributed by atoms with Crippen molar-refractivity contribution in [1.82, 2.24) is 24.6 Å². The van der Waals surface area contributed by atoms with Gasteiger partial charge in [0.1, 0.15) is 12.7 Å². The van der Waals surface area contributed by atoms with E-state index >= 15 is 0 Å². The topological polar surface area (TPSA) is 83.4 Å². The average molecular weight is 425 g/mol. The van der Waals surface area contributed by atoms with Crippen molar-refractivity contribution in [1.29, 1.82) is 0 Å². The van der Waals surface area contributed by atoms with Crippen molar-refractivity contribution in [3.05, 3.63) is 71.8 Å². The van der Waals surface area contributed by atoms with Crippen molar-refractivity contribution in [2.45, 2.75) is 0 Å². The lowest BCUT2D eigenvalue weighted by atomic mass is 10.2. The number of nitrogens with one attached hydrogen (secondary N) is 1. The molecule has 4 rings (SSSR count). The molecule has 8 nitrogen and oxygen atoms in total. The zero-order chi connectivity index (χ0) is 20.9. The number of benzene rings is 2. The molecule has 9 heteroatoms. The monoisotopic (exact) mass is 424 g/mol. The van der Waals surface area contributed by atoms with E-state index in [0.29, 0.717) is 48.1 Å². The Morgan fingerprint density at radius 3 is 2.50 bits per heavy atom. The molecule has 2 heterocycles. The number of carbonyl (C=O) groups excluding carboxylic acids is 2. The highest BCUT2D eigenvalue weighted by atomic mass is 35.5. The summed E-state index contributed by atoms with van der Waals surface area (Å²) in [4.78, 5) is 33.0. The van der Waals surface area contributed by atoms with Crippen LogP contribution in [0.3, 0.4) is 0 Å². The van der Waals surface area contributed by atoms with Gasteiger partial charge in [-0.1, -0.05) is 29.8 Å². The highest BCUT2D eigenvalue weighted by molar-refractivity contribution is 6.31. The molecular formula is C21H21ClN6O2. The second kappa shape index (κ2) is 9.06. The third-order valence-corrected chi connectivity index (χ3v) is 5.18. The normalized spacial score (nSPS) is 14.5. The molecule has 0 unspecified atom stereocenters. The molecule has 0 spiro atoms. The Balaban J connectivity index is 1.34. The average Bonchev–Trinajstić information content (AvgIpc) is 3.29. The maximum atomic E-state index is 12.6. The van der Waals surface area contributed by atoms with Gasteiger partial charge in [0.15, 0.2) is 0 Å². The van der Waals surface area contributed by atoms with Gasteiger partial charge < -0.3 is 10.2 Å². The van der Waals surface area contributed by atoms with E-state index in [9.17, 15) is 9.59 Å². The predicted octanol–water partition coefficient (Wildman–Crippen LogP) is 2.32. The van der Waals surface area contributed by atoms with Crippen LogP contribution in [0.5, 0.6) is 0 Å².